The Labute approximate surface area is 468 Å². The molecule has 81 heavy (non-hydrogen) atoms. The second-order valence-corrected chi connectivity index (χ2v) is 21.3. The van der Waals surface area contributed by atoms with Crippen LogP contribution < -0.4 is 0 Å². The van der Waals surface area contributed by atoms with Gasteiger partial charge in [0, 0.05) is 66.2 Å². The molecule has 0 N–H and O–H groups in total. The van der Waals surface area contributed by atoms with Gasteiger partial charge in [0.05, 0.1) is 44.8 Å². The number of allylic oxidation sites excluding steroid dienone is 8. The highest BCUT2D eigenvalue weighted by molar-refractivity contribution is 6.31. The Hall–Kier alpha value is -10.4. The fourth-order valence-corrected chi connectivity index (χ4v) is 13.1. The van der Waals surface area contributed by atoms with Gasteiger partial charge in [-0.15, -0.1) is 0 Å². The van der Waals surface area contributed by atoms with Crippen molar-refractivity contribution in [3.63, 3.8) is 0 Å². The van der Waals surface area contributed by atoms with Gasteiger partial charge in [-0.25, -0.2) is 15.0 Å². The van der Waals surface area contributed by atoms with Crippen LogP contribution in [0.15, 0.2) is 279 Å². The minimum atomic E-state index is 0.0496. The molecule has 0 saturated carbocycles. The van der Waals surface area contributed by atoms with E-state index in [1.807, 2.05) is 18.2 Å². The second kappa shape index (κ2) is 19.2. The number of rotatable bonds is 9. The topological polar surface area (TPSA) is 53.5 Å². The van der Waals surface area contributed by atoms with E-state index < -0.39 is 0 Å². The number of fused-ring (bicyclic) bond motifs is 11. The first-order valence-electron chi connectivity index (χ1n) is 28.1. The Balaban J connectivity index is 0.991. The highest BCUT2D eigenvalue weighted by Crippen LogP contribution is 2.49. The van der Waals surface area contributed by atoms with Crippen molar-refractivity contribution in [1.82, 2.24) is 28.7 Å². The monoisotopic (exact) mass is 1040 g/mol. The van der Waals surface area contributed by atoms with E-state index in [9.17, 15) is 0 Å². The van der Waals surface area contributed by atoms with E-state index in [0.29, 0.717) is 17.5 Å². The predicted octanol–water partition coefficient (Wildman–Crippen LogP) is 19.2. The van der Waals surface area contributed by atoms with Gasteiger partial charge in [-0.3, -0.25) is 0 Å². The van der Waals surface area contributed by atoms with E-state index >= 15 is 0 Å². The molecule has 10 aromatic carbocycles. The summed E-state index contributed by atoms with van der Waals surface area (Å²) in [5.41, 5.74) is 18.0. The summed E-state index contributed by atoms with van der Waals surface area (Å²) >= 11 is 0. The van der Waals surface area contributed by atoms with Gasteiger partial charge in [0.25, 0.3) is 0 Å². The summed E-state index contributed by atoms with van der Waals surface area (Å²) in [5, 5.41) is 7.46. The predicted molar refractivity (Wildman–Crippen MR) is 336 cm³/mol. The van der Waals surface area contributed by atoms with Crippen LogP contribution in [-0.4, -0.2) is 28.7 Å². The number of benzene rings is 10. The SMILES string of the molecule is C1=CCC(c2cc(-c3nc(-c4ccccc4)nc(-c4ccc(-c5ccccc5)cc4)n3)cc(-c3ccccc3)c2-n2c3ccccc3c3c2ccc2c4ccc5c(c6ccccc6n5-c5ccccc5)c4n(C4C=CC=CC4)c23)C=C1. The molecule has 0 spiro atoms. The van der Waals surface area contributed by atoms with Gasteiger partial charge in [0.2, 0.25) is 0 Å². The van der Waals surface area contributed by atoms with E-state index in [-0.39, 0.29) is 12.0 Å². The molecule has 6 heteroatoms. The zero-order valence-corrected chi connectivity index (χ0v) is 44.3. The van der Waals surface area contributed by atoms with E-state index in [1.165, 1.54) is 59.9 Å². The Kier molecular flexibility index (Phi) is 11.0. The van der Waals surface area contributed by atoms with Gasteiger partial charge in [-0.05, 0) is 83.6 Å². The van der Waals surface area contributed by atoms with Gasteiger partial charge < -0.3 is 13.7 Å². The van der Waals surface area contributed by atoms with Crippen LogP contribution >= 0.6 is 0 Å². The molecule has 4 aromatic heterocycles. The first-order valence-corrected chi connectivity index (χ1v) is 28.1. The van der Waals surface area contributed by atoms with Crippen LogP contribution in [0.4, 0.5) is 0 Å². The van der Waals surface area contributed by atoms with Crippen molar-refractivity contribution in [2.45, 2.75) is 24.8 Å². The molecule has 0 aliphatic heterocycles. The summed E-state index contributed by atoms with van der Waals surface area (Å²) in [7, 11) is 0. The van der Waals surface area contributed by atoms with Crippen LogP contribution in [0.1, 0.15) is 30.4 Å². The molecule has 0 amide bonds. The maximum absolute atomic E-state index is 5.41. The number of aromatic nitrogens is 6. The average molecular weight is 1040 g/mol. The highest BCUT2D eigenvalue weighted by Gasteiger charge is 2.30. The normalized spacial score (nSPS) is 15.1. The van der Waals surface area contributed by atoms with Gasteiger partial charge in [0.1, 0.15) is 0 Å². The highest BCUT2D eigenvalue weighted by atomic mass is 15.1. The lowest BCUT2D eigenvalue weighted by Crippen LogP contribution is -2.09. The van der Waals surface area contributed by atoms with Crippen LogP contribution in [-0.2, 0) is 0 Å². The van der Waals surface area contributed by atoms with Crippen molar-refractivity contribution >= 4 is 65.4 Å². The quantitative estimate of drug-likeness (QED) is 0.145. The van der Waals surface area contributed by atoms with E-state index in [1.54, 1.807) is 0 Å². The molecule has 2 unspecified atom stereocenters. The summed E-state index contributed by atoms with van der Waals surface area (Å²) in [4.78, 5) is 16.0. The maximum atomic E-state index is 5.41. The second-order valence-electron chi connectivity index (χ2n) is 21.3. The van der Waals surface area contributed by atoms with Gasteiger partial charge in [-0.1, -0.05) is 231 Å². The summed E-state index contributed by atoms with van der Waals surface area (Å²) in [5.74, 6) is 1.92. The zero-order valence-electron chi connectivity index (χ0n) is 44.3. The third-order valence-electron chi connectivity index (χ3n) is 16.7. The first-order chi connectivity index (χ1) is 40.2. The number of hydrogen-bond donors (Lipinski definition) is 0. The molecule has 14 aromatic rings. The molecule has 0 saturated heterocycles. The summed E-state index contributed by atoms with van der Waals surface area (Å²) in [6, 6.07) is 83.4. The van der Waals surface area contributed by atoms with Crippen LogP contribution in [0, 0.1) is 0 Å². The fourth-order valence-electron chi connectivity index (χ4n) is 13.1. The summed E-state index contributed by atoms with van der Waals surface area (Å²) < 4.78 is 7.72. The van der Waals surface area contributed by atoms with E-state index in [2.05, 4.69) is 275 Å². The van der Waals surface area contributed by atoms with Gasteiger partial charge in [0.15, 0.2) is 17.5 Å². The maximum Gasteiger partial charge on any atom is 0.164 e. The lowest BCUT2D eigenvalue weighted by molar-refractivity contribution is 0.650. The van der Waals surface area contributed by atoms with Crippen molar-refractivity contribution in [3.8, 4) is 67.8 Å². The molecule has 2 aliphatic rings. The van der Waals surface area contributed by atoms with Crippen molar-refractivity contribution in [3.05, 3.63) is 285 Å². The molecule has 16 rings (SSSR count). The van der Waals surface area contributed by atoms with E-state index in [0.717, 1.165) is 74.2 Å². The Bertz CT molecular complexity index is 4900. The Morgan fingerprint density at radius 1 is 0.346 bits per heavy atom. The minimum absolute atomic E-state index is 0.0496. The molecule has 2 atom stereocenters. The van der Waals surface area contributed by atoms with E-state index in [4.69, 9.17) is 15.0 Å². The van der Waals surface area contributed by atoms with Crippen LogP contribution in [0.5, 0.6) is 0 Å². The fraction of sp³-hybridized carbons (Fsp3) is 0.0533. The standard InChI is InChI=1S/C75H52N6/c1-7-23-49(24-8-1)50-39-41-54(42-40-50)74-76-73(53-29-13-4-14-30-53)77-75(78-74)55-47-62(51-25-9-2-10-26-51)70(63(48-55)52-27-11-3-12-28-52)81-65-38-22-20-36-61(65)69-67(81)46-44-59-58-43-45-66-68(71(58)80(72(59)69)57-33-17-6-18-34-57)60-35-19-21-37-64(60)79(66)56-31-15-5-16-32-56/h1-27,29-33,35-48,52,57H,28,34H2. The molecular weight excluding hydrogens is 985 g/mol. The van der Waals surface area contributed by atoms with Crippen LogP contribution in [0.2, 0.25) is 0 Å². The molecule has 4 heterocycles. The third kappa shape index (κ3) is 7.66. The van der Waals surface area contributed by atoms with Crippen LogP contribution in [0.25, 0.3) is 133 Å². The molecule has 2 aliphatic carbocycles. The molecule has 6 nitrogen and oxygen atoms in total. The van der Waals surface area contributed by atoms with Gasteiger partial charge in [-0.2, -0.15) is 0 Å². The largest absolute Gasteiger partial charge is 0.332 e. The lowest BCUT2D eigenvalue weighted by atomic mass is 9.86. The number of hydrogen-bond acceptors (Lipinski definition) is 3. The van der Waals surface area contributed by atoms with Crippen molar-refractivity contribution in [2.24, 2.45) is 0 Å². The van der Waals surface area contributed by atoms with Crippen molar-refractivity contribution in [2.75, 3.05) is 0 Å². The Morgan fingerprint density at radius 2 is 0.827 bits per heavy atom. The lowest BCUT2D eigenvalue weighted by Gasteiger charge is -2.25. The number of nitrogens with zero attached hydrogens (tertiary/aromatic N) is 6. The molecule has 0 bridgehead atoms. The van der Waals surface area contributed by atoms with Crippen molar-refractivity contribution < 1.29 is 0 Å². The average Bonchev–Trinajstić information content (AvgIpc) is 3.98. The third-order valence-corrected chi connectivity index (χ3v) is 16.7. The zero-order chi connectivity index (χ0) is 53.4. The molecule has 0 fully saturated rings. The summed E-state index contributed by atoms with van der Waals surface area (Å²) in [6.45, 7) is 0. The smallest absolute Gasteiger partial charge is 0.164 e. The van der Waals surface area contributed by atoms with Crippen LogP contribution in [0.3, 0.4) is 0 Å². The molecule has 382 valence electrons. The summed E-state index contributed by atoms with van der Waals surface area (Å²) in [6.07, 6.45) is 19.9. The first kappa shape index (κ1) is 46.6. The minimum Gasteiger partial charge on any atom is -0.332 e. The molecular formula is C75H52N6. The Morgan fingerprint density at radius 3 is 1.42 bits per heavy atom. The number of para-hydroxylation sites is 3. The van der Waals surface area contributed by atoms with Gasteiger partial charge >= 0.3 is 0 Å². The van der Waals surface area contributed by atoms with Crippen molar-refractivity contribution in [1.29, 1.82) is 0 Å². The molecule has 0 radical (unpaired) electrons.